The van der Waals surface area contributed by atoms with Crippen LogP contribution in [0.5, 0.6) is 0 Å². The maximum atomic E-state index is 11.9. The van der Waals surface area contributed by atoms with Crippen LogP contribution in [0.1, 0.15) is 85.0 Å². The van der Waals surface area contributed by atoms with E-state index in [0.717, 1.165) is 44.9 Å². The maximum absolute atomic E-state index is 11.9. The highest BCUT2D eigenvalue weighted by atomic mass is 32.2. The summed E-state index contributed by atoms with van der Waals surface area (Å²) in [5.74, 6) is -0.801. The molecule has 0 aliphatic rings. The fourth-order valence-corrected chi connectivity index (χ4v) is 4.03. The van der Waals surface area contributed by atoms with Crippen LogP contribution >= 0.6 is 0 Å². The number of carbonyl (C=O) groups is 1. The van der Waals surface area contributed by atoms with Crippen molar-refractivity contribution in [1.82, 2.24) is 4.31 Å². The lowest BCUT2D eigenvalue weighted by atomic mass is 9.84. The largest absolute Gasteiger partial charge is 0.481 e. The van der Waals surface area contributed by atoms with Crippen LogP contribution in [0.3, 0.4) is 0 Å². The first kappa shape index (κ1) is 25.3. The van der Waals surface area contributed by atoms with E-state index in [1.54, 1.807) is 0 Å². The molecule has 0 aliphatic carbocycles. The van der Waals surface area contributed by atoms with E-state index < -0.39 is 16.0 Å². The van der Waals surface area contributed by atoms with Crippen molar-refractivity contribution in [2.75, 3.05) is 19.3 Å². The molecular weight excluding hydrogens is 354 g/mol. The number of rotatable bonds is 16. The summed E-state index contributed by atoms with van der Waals surface area (Å²) in [5, 5.41) is 18.9. The number of unbranched alkanes of at least 4 members (excludes halogenated alkanes) is 3. The van der Waals surface area contributed by atoms with Crippen LogP contribution in [0.15, 0.2) is 0 Å². The van der Waals surface area contributed by atoms with Crippen molar-refractivity contribution in [2.45, 2.75) is 91.1 Å². The normalized spacial score (nSPS) is 13.9. The van der Waals surface area contributed by atoms with Gasteiger partial charge >= 0.3 is 5.97 Å². The summed E-state index contributed by atoms with van der Waals surface area (Å²) < 4.78 is 25.4. The number of nitrogens with zero attached hydrogens (tertiary/aromatic N) is 1. The van der Waals surface area contributed by atoms with Gasteiger partial charge in [-0.05, 0) is 37.5 Å². The summed E-state index contributed by atoms with van der Waals surface area (Å²) in [5.41, 5.74) is -0.273. The van der Waals surface area contributed by atoms with Crippen LogP contribution in [-0.4, -0.2) is 54.4 Å². The Morgan fingerprint density at radius 3 is 2.15 bits per heavy atom. The Labute approximate surface area is 160 Å². The average Bonchev–Trinajstić information content (AvgIpc) is 2.47. The minimum Gasteiger partial charge on any atom is -0.481 e. The average molecular weight is 394 g/mol. The predicted molar refractivity (Wildman–Crippen MR) is 106 cm³/mol. The zero-order valence-electron chi connectivity index (χ0n) is 17.0. The molecule has 7 heteroatoms. The number of sulfonamides is 1. The molecule has 0 saturated carbocycles. The number of aliphatic hydroxyl groups excluding tert-OH is 1. The van der Waals surface area contributed by atoms with E-state index in [-0.39, 0.29) is 17.9 Å². The van der Waals surface area contributed by atoms with Gasteiger partial charge in [0.15, 0.2) is 0 Å². The highest BCUT2D eigenvalue weighted by Crippen LogP contribution is 2.27. The van der Waals surface area contributed by atoms with Gasteiger partial charge in [0, 0.05) is 13.1 Å². The molecule has 6 nitrogen and oxygen atoms in total. The molecule has 0 aromatic heterocycles. The zero-order chi connectivity index (χ0) is 20.2. The molecule has 0 aromatic rings. The smallest absolute Gasteiger partial charge is 0.303 e. The molecule has 0 aliphatic heterocycles. The van der Waals surface area contributed by atoms with Crippen LogP contribution in [-0.2, 0) is 14.8 Å². The number of aliphatic hydroxyl groups is 1. The van der Waals surface area contributed by atoms with E-state index in [4.69, 9.17) is 5.11 Å². The summed E-state index contributed by atoms with van der Waals surface area (Å²) in [6.45, 7) is 6.86. The second-order valence-corrected chi connectivity index (χ2v) is 10.1. The topological polar surface area (TPSA) is 94.9 Å². The fourth-order valence-electron chi connectivity index (χ4n) is 3.11. The van der Waals surface area contributed by atoms with Gasteiger partial charge in [0.25, 0.3) is 0 Å². The number of carboxylic acid groups (broad SMARTS) is 1. The highest BCUT2D eigenvalue weighted by Gasteiger charge is 2.22. The van der Waals surface area contributed by atoms with Gasteiger partial charge in [0.05, 0.1) is 18.8 Å². The van der Waals surface area contributed by atoms with Crippen molar-refractivity contribution in [3.8, 4) is 0 Å². The first-order valence-electron chi connectivity index (χ1n) is 9.83. The van der Waals surface area contributed by atoms with Gasteiger partial charge in [-0.15, -0.1) is 0 Å². The van der Waals surface area contributed by atoms with Crippen molar-refractivity contribution >= 4 is 16.0 Å². The SMILES string of the molecule is CCCCCC(O)CCCN(CCCCC(C)(C)CC(=O)O)S(C)(=O)=O. The fraction of sp³-hybridized carbons (Fsp3) is 0.947. The molecule has 156 valence electrons. The molecular formula is C19H39NO5S. The molecule has 0 bridgehead atoms. The summed E-state index contributed by atoms with van der Waals surface area (Å²) in [7, 11) is -3.26. The number of carboxylic acids is 1. The van der Waals surface area contributed by atoms with Gasteiger partial charge in [-0.25, -0.2) is 12.7 Å². The van der Waals surface area contributed by atoms with Gasteiger partial charge in [0.1, 0.15) is 0 Å². The van der Waals surface area contributed by atoms with E-state index in [9.17, 15) is 18.3 Å². The lowest BCUT2D eigenvalue weighted by molar-refractivity contribution is -0.139. The third-order valence-corrected chi connectivity index (χ3v) is 6.00. The highest BCUT2D eigenvalue weighted by molar-refractivity contribution is 7.88. The molecule has 26 heavy (non-hydrogen) atoms. The van der Waals surface area contributed by atoms with Crippen molar-refractivity contribution in [2.24, 2.45) is 5.41 Å². The van der Waals surface area contributed by atoms with Crippen molar-refractivity contribution in [3.63, 3.8) is 0 Å². The molecule has 0 spiro atoms. The second-order valence-electron chi connectivity index (χ2n) is 8.15. The van der Waals surface area contributed by atoms with Gasteiger partial charge in [-0.2, -0.15) is 0 Å². The van der Waals surface area contributed by atoms with E-state index in [2.05, 4.69) is 6.92 Å². The Morgan fingerprint density at radius 2 is 1.62 bits per heavy atom. The van der Waals surface area contributed by atoms with E-state index in [0.29, 0.717) is 25.9 Å². The monoisotopic (exact) mass is 393 g/mol. The lowest BCUT2D eigenvalue weighted by Crippen LogP contribution is -2.32. The quantitative estimate of drug-likeness (QED) is 0.390. The van der Waals surface area contributed by atoms with Crippen LogP contribution in [0, 0.1) is 5.41 Å². The Balaban J connectivity index is 4.21. The third-order valence-electron chi connectivity index (χ3n) is 4.70. The number of aliphatic carboxylic acids is 1. The Hall–Kier alpha value is -0.660. The standard InChI is InChI=1S/C19H39NO5S/c1-5-6-7-11-17(21)12-10-15-20(26(4,24)25)14-9-8-13-19(2,3)16-18(22)23/h17,21H,5-16H2,1-4H3,(H,22,23). The Bertz CT molecular complexity index is 490. The molecule has 0 rings (SSSR count). The number of hydrogen-bond donors (Lipinski definition) is 2. The summed E-state index contributed by atoms with van der Waals surface area (Å²) >= 11 is 0. The molecule has 0 heterocycles. The number of hydrogen-bond acceptors (Lipinski definition) is 4. The lowest BCUT2D eigenvalue weighted by Gasteiger charge is -2.24. The molecule has 0 aromatic carbocycles. The van der Waals surface area contributed by atoms with Gasteiger partial charge in [0.2, 0.25) is 10.0 Å². The van der Waals surface area contributed by atoms with Crippen LogP contribution in [0.2, 0.25) is 0 Å². The van der Waals surface area contributed by atoms with Gasteiger partial charge in [-0.1, -0.05) is 46.5 Å². The molecule has 0 radical (unpaired) electrons. The predicted octanol–water partition coefficient (Wildman–Crippen LogP) is 3.64. The molecule has 0 amide bonds. The van der Waals surface area contributed by atoms with Crippen molar-refractivity contribution < 1.29 is 23.4 Å². The first-order chi connectivity index (χ1) is 12.0. The summed E-state index contributed by atoms with van der Waals surface area (Å²) in [6, 6.07) is 0. The van der Waals surface area contributed by atoms with Gasteiger partial charge < -0.3 is 10.2 Å². The minimum atomic E-state index is -3.26. The zero-order valence-corrected chi connectivity index (χ0v) is 17.9. The molecule has 0 saturated heterocycles. The minimum absolute atomic E-state index is 0.124. The van der Waals surface area contributed by atoms with Crippen LogP contribution in [0.4, 0.5) is 0 Å². The third kappa shape index (κ3) is 13.5. The van der Waals surface area contributed by atoms with Crippen LogP contribution in [0.25, 0.3) is 0 Å². The summed E-state index contributed by atoms with van der Waals surface area (Å²) in [6.07, 6.45) is 8.59. The molecule has 1 unspecified atom stereocenters. The van der Waals surface area contributed by atoms with Crippen molar-refractivity contribution in [1.29, 1.82) is 0 Å². The Morgan fingerprint density at radius 1 is 1.04 bits per heavy atom. The molecule has 0 fully saturated rings. The van der Waals surface area contributed by atoms with E-state index >= 15 is 0 Å². The van der Waals surface area contributed by atoms with Crippen LogP contribution < -0.4 is 0 Å². The van der Waals surface area contributed by atoms with E-state index in [1.807, 2.05) is 13.8 Å². The molecule has 1 atom stereocenters. The molecule has 2 N–H and O–H groups in total. The van der Waals surface area contributed by atoms with E-state index in [1.165, 1.54) is 10.6 Å². The second kappa shape index (κ2) is 12.7. The summed E-state index contributed by atoms with van der Waals surface area (Å²) in [4.78, 5) is 10.8. The van der Waals surface area contributed by atoms with Crippen molar-refractivity contribution in [3.05, 3.63) is 0 Å². The Kier molecular flexibility index (Phi) is 12.4. The maximum Gasteiger partial charge on any atom is 0.303 e. The van der Waals surface area contributed by atoms with Gasteiger partial charge in [-0.3, -0.25) is 4.79 Å². The first-order valence-corrected chi connectivity index (χ1v) is 11.7.